The van der Waals surface area contributed by atoms with Crippen molar-refractivity contribution in [3.63, 3.8) is 0 Å². The molecule has 1 unspecified atom stereocenters. The fourth-order valence-corrected chi connectivity index (χ4v) is 4.32. The number of carbonyl (C=O) groups excluding carboxylic acids is 1. The smallest absolute Gasteiger partial charge is 0.258 e. The number of carbonyl (C=O) groups is 1. The number of hydrogen-bond donors (Lipinski definition) is 1. The Hall–Kier alpha value is -2.77. The average Bonchev–Trinajstić information content (AvgIpc) is 2.99. The van der Waals surface area contributed by atoms with Gasteiger partial charge >= 0.3 is 0 Å². The van der Waals surface area contributed by atoms with Crippen LogP contribution in [0.5, 0.6) is 5.75 Å². The number of halogens is 1. The zero-order chi connectivity index (χ0) is 20.8. The number of nitrogens with one attached hydrogen (secondary N) is 1. The van der Waals surface area contributed by atoms with Crippen LogP contribution in [-0.2, 0) is 23.1 Å². The first-order valence-electron chi connectivity index (χ1n) is 8.60. The zero-order valence-corrected chi connectivity index (χ0v) is 17.3. The third-order valence-electron chi connectivity index (χ3n) is 4.66. The number of pyridine rings is 1. The molecule has 10 heteroatoms. The van der Waals surface area contributed by atoms with Crippen molar-refractivity contribution in [2.24, 2.45) is 0 Å². The first kappa shape index (κ1) is 19.5. The molecule has 1 aromatic heterocycles. The molecule has 0 saturated heterocycles. The number of anilines is 1. The Morgan fingerprint density at radius 3 is 2.66 bits per heavy atom. The van der Waals surface area contributed by atoms with Gasteiger partial charge in [-0.1, -0.05) is 12.1 Å². The quantitative estimate of drug-likeness (QED) is 0.625. The first-order valence-corrected chi connectivity index (χ1v) is 11.0. The Balaban J connectivity index is 1.87. The summed E-state index contributed by atoms with van der Waals surface area (Å²) < 4.78 is 45.1. The molecule has 1 amide bonds. The summed E-state index contributed by atoms with van der Waals surface area (Å²) in [7, 11) is -1.49. The highest BCUT2D eigenvalue weighted by Crippen LogP contribution is 2.44. The predicted molar refractivity (Wildman–Crippen MR) is 111 cm³/mol. The lowest BCUT2D eigenvalue weighted by Crippen LogP contribution is -2.23. The number of nitrogens with zero attached hydrogens (tertiary/aromatic N) is 2. The Bertz CT molecular complexity index is 1230. The van der Waals surface area contributed by atoms with Gasteiger partial charge in [0, 0.05) is 30.2 Å². The molecule has 0 spiro atoms. The van der Waals surface area contributed by atoms with E-state index in [1.807, 2.05) is 0 Å². The second-order valence-electron chi connectivity index (χ2n) is 6.74. The zero-order valence-electron chi connectivity index (χ0n) is 15.3. The largest absolute Gasteiger partial charge is 0.477 e. The minimum atomic E-state index is -3.60. The van der Waals surface area contributed by atoms with E-state index >= 15 is 0 Å². The topological polar surface area (TPSA) is 88.6 Å². The van der Waals surface area contributed by atoms with Gasteiger partial charge in [0.25, 0.3) is 5.91 Å². The van der Waals surface area contributed by atoms with Gasteiger partial charge in [0.15, 0.2) is 5.75 Å². The number of amides is 1. The van der Waals surface area contributed by atoms with Gasteiger partial charge in [-0.3, -0.25) is 14.5 Å². The van der Waals surface area contributed by atoms with E-state index in [1.165, 1.54) is 12.1 Å². The van der Waals surface area contributed by atoms with Gasteiger partial charge in [0.2, 0.25) is 10.0 Å². The van der Waals surface area contributed by atoms with Crippen LogP contribution in [0, 0.1) is 5.82 Å². The van der Waals surface area contributed by atoms with Crippen molar-refractivity contribution >= 4 is 42.0 Å². The van der Waals surface area contributed by atoms with Crippen LogP contribution in [0.25, 0.3) is 10.9 Å². The summed E-state index contributed by atoms with van der Waals surface area (Å²) in [6.07, 6.45) is 2.59. The number of rotatable bonds is 5. The van der Waals surface area contributed by atoms with E-state index in [-0.39, 0.29) is 36.1 Å². The maximum atomic E-state index is 13.2. The lowest BCUT2D eigenvalue weighted by atomic mass is 10.0. The minimum absolute atomic E-state index is 0.176. The van der Waals surface area contributed by atoms with E-state index in [1.54, 1.807) is 35.4 Å². The lowest BCUT2D eigenvalue weighted by Gasteiger charge is -2.16. The van der Waals surface area contributed by atoms with Gasteiger partial charge in [-0.05, 0) is 29.8 Å². The molecule has 0 radical (unpaired) electrons. The SMILES string of the molecule is CS(=O)(=O)Nc1c2c(c(OP)c3ncccc13)C(=O)N(Cc1ccc(F)cc1)C2. The normalized spacial score (nSPS) is 13.6. The van der Waals surface area contributed by atoms with Crippen LogP contribution in [0.3, 0.4) is 0 Å². The maximum Gasteiger partial charge on any atom is 0.258 e. The molecule has 1 atom stereocenters. The van der Waals surface area contributed by atoms with Gasteiger partial charge in [0.1, 0.15) is 11.3 Å². The van der Waals surface area contributed by atoms with Crippen molar-refractivity contribution in [3.05, 3.63) is 65.1 Å². The summed E-state index contributed by atoms with van der Waals surface area (Å²) in [4.78, 5) is 19.0. The number of fused-ring (bicyclic) bond motifs is 2. The van der Waals surface area contributed by atoms with Crippen molar-refractivity contribution in [2.45, 2.75) is 13.1 Å². The Morgan fingerprint density at radius 1 is 1.28 bits per heavy atom. The second kappa shape index (κ2) is 7.24. The highest BCUT2D eigenvalue weighted by Gasteiger charge is 2.36. The second-order valence-corrected chi connectivity index (χ2v) is 8.72. The van der Waals surface area contributed by atoms with E-state index < -0.39 is 10.0 Å². The molecule has 29 heavy (non-hydrogen) atoms. The Kier molecular flexibility index (Phi) is 4.88. The molecule has 2 aromatic carbocycles. The third-order valence-corrected chi connectivity index (χ3v) is 5.48. The molecule has 1 aliphatic heterocycles. The molecule has 150 valence electrons. The van der Waals surface area contributed by atoms with E-state index in [0.29, 0.717) is 22.2 Å². The lowest BCUT2D eigenvalue weighted by molar-refractivity contribution is 0.0765. The highest BCUT2D eigenvalue weighted by molar-refractivity contribution is 7.92. The van der Waals surface area contributed by atoms with Gasteiger partial charge < -0.3 is 9.42 Å². The van der Waals surface area contributed by atoms with Crippen molar-refractivity contribution < 1.29 is 22.1 Å². The number of sulfonamides is 1. The van der Waals surface area contributed by atoms with Crippen molar-refractivity contribution in [1.29, 1.82) is 0 Å². The Morgan fingerprint density at radius 2 is 2.00 bits per heavy atom. The van der Waals surface area contributed by atoms with Gasteiger partial charge in [0.05, 0.1) is 27.0 Å². The van der Waals surface area contributed by atoms with E-state index in [0.717, 1.165) is 11.8 Å². The van der Waals surface area contributed by atoms with Crippen molar-refractivity contribution in [2.75, 3.05) is 11.0 Å². The van der Waals surface area contributed by atoms with Gasteiger partial charge in [-0.2, -0.15) is 0 Å². The molecule has 0 fully saturated rings. The van der Waals surface area contributed by atoms with Crippen LogP contribution in [0.4, 0.5) is 10.1 Å². The van der Waals surface area contributed by atoms with Crippen LogP contribution in [0.15, 0.2) is 42.6 Å². The fraction of sp³-hybridized carbons (Fsp3) is 0.158. The first-order chi connectivity index (χ1) is 13.8. The van der Waals surface area contributed by atoms with E-state index in [9.17, 15) is 17.6 Å². The van der Waals surface area contributed by atoms with Crippen molar-refractivity contribution in [3.8, 4) is 5.75 Å². The molecule has 7 nitrogen and oxygen atoms in total. The summed E-state index contributed by atoms with van der Waals surface area (Å²) in [5.74, 6) is -0.405. The van der Waals surface area contributed by atoms with Crippen LogP contribution < -0.4 is 9.25 Å². The summed E-state index contributed by atoms with van der Waals surface area (Å²) in [6, 6.07) is 9.27. The standard InChI is InChI=1S/C19H17FN3O4PS/c1-29(25,26)22-16-13-3-2-8-21-17(13)18(27-28)15-14(16)10-23(19(15)24)9-11-4-6-12(20)7-5-11/h2-8,22H,9-10,28H2,1H3. The fourth-order valence-electron chi connectivity index (χ4n) is 3.49. The summed E-state index contributed by atoms with van der Waals surface area (Å²) in [6.45, 7) is 0.418. The third kappa shape index (κ3) is 3.63. The van der Waals surface area contributed by atoms with Crippen LogP contribution in [-0.4, -0.2) is 30.5 Å². The van der Waals surface area contributed by atoms with Gasteiger partial charge in [-0.15, -0.1) is 0 Å². The Labute approximate surface area is 169 Å². The number of aromatic nitrogens is 1. The van der Waals surface area contributed by atoms with E-state index in [2.05, 4.69) is 19.2 Å². The van der Waals surface area contributed by atoms with Crippen molar-refractivity contribution in [1.82, 2.24) is 9.88 Å². The van der Waals surface area contributed by atoms with E-state index in [4.69, 9.17) is 4.52 Å². The molecule has 2 heterocycles. The minimum Gasteiger partial charge on any atom is -0.477 e. The molecule has 1 aliphatic rings. The monoisotopic (exact) mass is 433 g/mol. The number of hydrogen-bond acceptors (Lipinski definition) is 5. The molecular weight excluding hydrogens is 416 g/mol. The highest BCUT2D eigenvalue weighted by atomic mass is 32.2. The summed E-state index contributed by atoms with van der Waals surface area (Å²) in [5, 5.41) is 0.533. The molecule has 1 N–H and O–H groups in total. The molecule has 4 rings (SSSR count). The van der Waals surface area contributed by atoms with Crippen LogP contribution in [0.2, 0.25) is 0 Å². The van der Waals surface area contributed by atoms with Gasteiger partial charge in [-0.25, -0.2) is 12.8 Å². The summed E-state index contributed by atoms with van der Waals surface area (Å²) >= 11 is 0. The molecule has 0 aliphatic carbocycles. The molecule has 3 aromatic rings. The molecule has 0 bridgehead atoms. The molecule has 0 saturated carbocycles. The van der Waals surface area contributed by atoms with Crippen LogP contribution >= 0.6 is 9.47 Å². The predicted octanol–water partition coefficient (Wildman–Crippen LogP) is 3.07. The molecular formula is C19H17FN3O4PS. The number of benzene rings is 2. The summed E-state index contributed by atoms with van der Waals surface area (Å²) in [5.41, 5.74) is 2.22. The average molecular weight is 433 g/mol. The maximum absolute atomic E-state index is 13.2. The van der Waals surface area contributed by atoms with Crippen LogP contribution in [0.1, 0.15) is 21.5 Å².